The number of esters is 2. The maximum absolute atomic E-state index is 11.5. The Balaban J connectivity index is 4.30. The summed E-state index contributed by atoms with van der Waals surface area (Å²) in [6.07, 6.45) is 2.94. The van der Waals surface area contributed by atoms with Crippen LogP contribution < -0.4 is 0 Å². The van der Waals surface area contributed by atoms with Crippen molar-refractivity contribution in [3.63, 3.8) is 0 Å². The first-order valence-corrected chi connectivity index (χ1v) is 8.65. The highest BCUT2D eigenvalue weighted by molar-refractivity contribution is 7.51. The molecule has 0 fully saturated rings. The monoisotopic (exact) mass is 322 g/mol. The molecule has 0 heterocycles. The third kappa shape index (κ3) is 12.3. The molecule has 1 atom stereocenters. The second-order valence-corrected chi connectivity index (χ2v) is 6.32. The predicted octanol–water partition coefficient (Wildman–Crippen LogP) is 2.12. The molecule has 1 unspecified atom stereocenters. The van der Waals surface area contributed by atoms with E-state index < -0.39 is 38.4 Å². The average molecular weight is 322 g/mol. The summed E-state index contributed by atoms with van der Waals surface area (Å²) >= 11 is 0. The predicted molar refractivity (Wildman–Crippen MR) is 76.5 cm³/mol. The number of carbonyl (C=O) groups excluding carboxylic acids is 2. The maximum Gasteiger partial charge on any atom is 0.333 e. The summed E-state index contributed by atoms with van der Waals surface area (Å²) in [7, 11) is -4.25. The zero-order valence-corrected chi connectivity index (χ0v) is 13.1. The van der Waals surface area contributed by atoms with Gasteiger partial charge in [-0.15, -0.1) is 0 Å². The highest BCUT2D eigenvalue weighted by atomic mass is 31.2. The van der Waals surface area contributed by atoms with Crippen molar-refractivity contribution in [2.75, 3.05) is 6.16 Å². The Kier molecular flexibility index (Phi) is 9.95. The molecule has 0 aromatic rings. The molecule has 0 saturated carbocycles. The topological polar surface area (TPSA) is 110 Å². The second kappa shape index (κ2) is 10.5. The van der Waals surface area contributed by atoms with E-state index in [1.807, 2.05) is 0 Å². The number of carbonyl (C=O) groups is 2. The molecule has 8 heteroatoms. The molecular formula is C13H23O7P. The van der Waals surface area contributed by atoms with Crippen LogP contribution in [0.3, 0.4) is 0 Å². The number of ether oxygens (including phenoxy) is 2. The van der Waals surface area contributed by atoms with E-state index in [-0.39, 0.29) is 0 Å². The fourth-order valence-corrected chi connectivity index (χ4v) is 1.97. The molecule has 0 aliphatic rings. The van der Waals surface area contributed by atoms with E-state index in [0.29, 0.717) is 12.8 Å². The normalized spacial score (nSPS) is 12.5. The third-order valence-corrected chi connectivity index (χ3v) is 3.38. The van der Waals surface area contributed by atoms with Crippen LogP contribution in [-0.4, -0.2) is 34.2 Å². The minimum absolute atomic E-state index is 0.348. The lowest BCUT2D eigenvalue weighted by Gasteiger charge is -2.17. The van der Waals surface area contributed by atoms with Crippen LogP contribution in [0.1, 0.15) is 45.4 Å². The van der Waals surface area contributed by atoms with E-state index in [2.05, 4.69) is 13.5 Å². The minimum atomic E-state index is -4.25. The molecule has 0 aromatic heterocycles. The van der Waals surface area contributed by atoms with Crippen LogP contribution in [0.2, 0.25) is 0 Å². The van der Waals surface area contributed by atoms with E-state index in [1.54, 1.807) is 0 Å². The van der Waals surface area contributed by atoms with Crippen molar-refractivity contribution in [1.82, 2.24) is 0 Å². The van der Waals surface area contributed by atoms with Crippen molar-refractivity contribution < 1.29 is 33.4 Å². The van der Waals surface area contributed by atoms with Crippen molar-refractivity contribution in [3.05, 3.63) is 12.7 Å². The lowest BCUT2D eigenvalue weighted by Crippen LogP contribution is -2.24. The van der Waals surface area contributed by atoms with Gasteiger partial charge in [0.15, 0.2) is 0 Å². The van der Waals surface area contributed by atoms with Crippen LogP contribution >= 0.6 is 7.60 Å². The quantitative estimate of drug-likeness (QED) is 0.197. The molecule has 7 nitrogen and oxygen atoms in total. The van der Waals surface area contributed by atoms with Crippen LogP contribution in [0, 0.1) is 0 Å². The standard InChI is InChI=1S/C13H23O7P/c1-3-5-6-7-8-13(19-11(14)4-2)20-12(15)9-10-21(16,17)18/h4,13H,2-3,5-10H2,1H3,(H2,16,17,18). The van der Waals surface area contributed by atoms with Gasteiger partial charge in [0.2, 0.25) is 6.29 Å². The van der Waals surface area contributed by atoms with Gasteiger partial charge < -0.3 is 19.3 Å². The van der Waals surface area contributed by atoms with Gasteiger partial charge in [0.25, 0.3) is 0 Å². The van der Waals surface area contributed by atoms with Gasteiger partial charge in [-0.05, 0) is 6.42 Å². The summed E-state index contributed by atoms with van der Waals surface area (Å²) in [6.45, 7) is 5.31. The zero-order valence-electron chi connectivity index (χ0n) is 12.2. The van der Waals surface area contributed by atoms with E-state index in [9.17, 15) is 14.2 Å². The second-order valence-electron chi connectivity index (χ2n) is 4.55. The lowest BCUT2D eigenvalue weighted by atomic mass is 10.1. The average Bonchev–Trinajstić information content (AvgIpc) is 2.40. The first-order chi connectivity index (χ1) is 9.78. The smallest absolute Gasteiger partial charge is 0.333 e. The number of hydrogen-bond donors (Lipinski definition) is 2. The first kappa shape index (κ1) is 19.8. The molecule has 2 N–H and O–H groups in total. The van der Waals surface area contributed by atoms with E-state index in [0.717, 1.165) is 25.3 Å². The molecule has 0 radical (unpaired) electrons. The Morgan fingerprint density at radius 2 is 1.90 bits per heavy atom. The number of hydrogen-bond acceptors (Lipinski definition) is 5. The Bertz CT molecular complexity index is 388. The summed E-state index contributed by atoms with van der Waals surface area (Å²) in [5.74, 6) is -1.52. The zero-order chi connectivity index (χ0) is 16.3. The van der Waals surface area contributed by atoms with Crippen molar-refractivity contribution in [2.45, 2.75) is 51.7 Å². The van der Waals surface area contributed by atoms with Crippen LogP contribution in [0.4, 0.5) is 0 Å². The number of rotatable bonds is 11. The molecule has 21 heavy (non-hydrogen) atoms. The van der Waals surface area contributed by atoms with Gasteiger partial charge >= 0.3 is 19.5 Å². The van der Waals surface area contributed by atoms with Gasteiger partial charge in [0.05, 0.1) is 12.6 Å². The van der Waals surface area contributed by atoms with Crippen LogP contribution in [0.15, 0.2) is 12.7 Å². The molecule has 0 bridgehead atoms. The molecule has 0 spiro atoms. The number of unbranched alkanes of at least 4 members (excludes halogenated alkanes) is 3. The Morgan fingerprint density at radius 1 is 1.24 bits per heavy atom. The summed E-state index contributed by atoms with van der Waals surface area (Å²) in [4.78, 5) is 40.0. The van der Waals surface area contributed by atoms with Gasteiger partial charge in [0.1, 0.15) is 0 Å². The van der Waals surface area contributed by atoms with Gasteiger partial charge in [0, 0.05) is 12.5 Å². The van der Waals surface area contributed by atoms with E-state index >= 15 is 0 Å². The van der Waals surface area contributed by atoms with E-state index in [4.69, 9.17) is 19.3 Å². The first-order valence-electron chi connectivity index (χ1n) is 6.85. The highest BCUT2D eigenvalue weighted by Crippen LogP contribution is 2.34. The van der Waals surface area contributed by atoms with Crippen LogP contribution in [0.25, 0.3) is 0 Å². The van der Waals surface area contributed by atoms with Crippen LogP contribution in [0.5, 0.6) is 0 Å². The van der Waals surface area contributed by atoms with Gasteiger partial charge in [-0.25, -0.2) is 4.79 Å². The highest BCUT2D eigenvalue weighted by Gasteiger charge is 2.21. The molecule has 122 valence electrons. The Morgan fingerprint density at radius 3 is 2.43 bits per heavy atom. The van der Waals surface area contributed by atoms with Gasteiger partial charge in [-0.3, -0.25) is 9.36 Å². The fourth-order valence-electron chi connectivity index (χ4n) is 1.50. The van der Waals surface area contributed by atoms with Gasteiger partial charge in [-0.2, -0.15) is 0 Å². The fraction of sp³-hybridized carbons (Fsp3) is 0.692. The molecular weight excluding hydrogens is 299 g/mol. The SMILES string of the molecule is C=CC(=O)OC(CCCCCC)OC(=O)CCP(=O)(O)O. The summed E-state index contributed by atoms with van der Waals surface area (Å²) in [5.41, 5.74) is 0. The largest absolute Gasteiger partial charge is 0.425 e. The Labute approximate surface area is 124 Å². The molecule has 0 aromatic carbocycles. The Hall–Kier alpha value is -1.17. The van der Waals surface area contributed by atoms with Crippen molar-refractivity contribution >= 4 is 19.5 Å². The molecule has 0 aliphatic carbocycles. The third-order valence-electron chi connectivity index (χ3n) is 2.58. The van der Waals surface area contributed by atoms with Crippen LogP contribution in [-0.2, 0) is 23.6 Å². The molecule has 0 aliphatic heterocycles. The van der Waals surface area contributed by atoms with Crippen molar-refractivity contribution in [1.29, 1.82) is 0 Å². The van der Waals surface area contributed by atoms with Crippen molar-refractivity contribution in [2.24, 2.45) is 0 Å². The van der Waals surface area contributed by atoms with Gasteiger partial charge in [-0.1, -0.05) is 32.8 Å². The molecule has 0 amide bonds. The lowest BCUT2D eigenvalue weighted by molar-refractivity contribution is -0.185. The molecule has 0 rings (SSSR count). The summed E-state index contributed by atoms with van der Waals surface area (Å²) in [5, 5.41) is 0. The maximum atomic E-state index is 11.5. The van der Waals surface area contributed by atoms with Crippen molar-refractivity contribution in [3.8, 4) is 0 Å². The molecule has 0 saturated heterocycles. The minimum Gasteiger partial charge on any atom is -0.425 e. The van der Waals surface area contributed by atoms with E-state index in [1.165, 1.54) is 0 Å². The summed E-state index contributed by atoms with van der Waals surface area (Å²) < 4.78 is 20.5. The summed E-state index contributed by atoms with van der Waals surface area (Å²) in [6, 6.07) is 0.